The molecule has 0 spiro atoms. The van der Waals surface area contributed by atoms with E-state index in [4.69, 9.17) is 9.47 Å². The molecule has 4 nitrogen and oxygen atoms in total. The summed E-state index contributed by atoms with van der Waals surface area (Å²) in [4.78, 5) is 14.0. The molecule has 0 bridgehead atoms. The number of ether oxygens (including phenoxy) is 2. The van der Waals surface area contributed by atoms with Crippen LogP contribution in [0.3, 0.4) is 0 Å². The third kappa shape index (κ3) is 2.58. The summed E-state index contributed by atoms with van der Waals surface area (Å²) >= 11 is 0. The van der Waals surface area contributed by atoms with E-state index in [1.807, 2.05) is 24.3 Å². The molecule has 98 valence electrons. The van der Waals surface area contributed by atoms with Crippen LogP contribution < -0.4 is 9.64 Å². The van der Waals surface area contributed by atoms with Crippen molar-refractivity contribution >= 4 is 11.7 Å². The number of hydrogen-bond donors (Lipinski definition) is 0. The van der Waals surface area contributed by atoms with E-state index in [9.17, 15) is 4.79 Å². The standard InChI is InChI=1S/C14H19NO3/c1-3-9-15-10-13(14(16)17-4-2)18-12-8-6-5-7-11(12)15/h5-8,13H,3-4,9-10H2,1-2H3/t13-/m1/s1. The molecule has 0 unspecified atom stereocenters. The second-order valence-electron chi connectivity index (χ2n) is 4.27. The molecule has 0 radical (unpaired) electrons. The van der Waals surface area contributed by atoms with Crippen molar-refractivity contribution in [1.82, 2.24) is 0 Å². The molecule has 0 amide bonds. The summed E-state index contributed by atoms with van der Waals surface area (Å²) in [6.07, 6.45) is 0.510. The molecule has 1 heterocycles. The minimum atomic E-state index is -0.522. The first-order valence-corrected chi connectivity index (χ1v) is 6.43. The van der Waals surface area contributed by atoms with Gasteiger partial charge in [0.25, 0.3) is 0 Å². The number of fused-ring (bicyclic) bond motifs is 1. The molecular formula is C14H19NO3. The highest BCUT2D eigenvalue weighted by molar-refractivity contribution is 5.78. The lowest BCUT2D eigenvalue weighted by atomic mass is 10.2. The Hall–Kier alpha value is -1.71. The van der Waals surface area contributed by atoms with Crippen molar-refractivity contribution in [3.63, 3.8) is 0 Å². The first-order chi connectivity index (χ1) is 8.76. The first kappa shape index (κ1) is 12.7. The Morgan fingerprint density at radius 3 is 2.94 bits per heavy atom. The number of para-hydroxylation sites is 2. The molecular weight excluding hydrogens is 230 g/mol. The number of esters is 1. The normalized spacial score (nSPS) is 17.9. The molecule has 1 aliphatic heterocycles. The van der Waals surface area contributed by atoms with E-state index in [-0.39, 0.29) is 5.97 Å². The van der Waals surface area contributed by atoms with Crippen LogP contribution in [0.2, 0.25) is 0 Å². The van der Waals surface area contributed by atoms with Gasteiger partial charge in [-0.05, 0) is 25.5 Å². The maximum atomic E-state index is 11.8. The van der Waals surface area contributed by atoms with Gasteiger partial charge in [-0.2, -0.15) is 0 Å². The van der Waals surface area contributed by atoms with Gasteiger partial charge in [-0.1, -0.05) is 19.1 Å². The molecule has 0 fully saturated rings. The van der Waals surface area contributed by atoms with Crippen molar-refractivity contribution < 1.29 is 14.3 Å². The predicted octanol–water partition coefficient (Wildman–Crippen LogP) is 2.23. The summed E-state index contributed by atoms with van der Waals surface area (Å²) in [5.41, 5.74) is 1.06. The second kappa shape index (κ2) is 5.76. The van der Waals surface area contributed by atoms with Gasteiger partial charge in [0.15, 0.2) is 0 Å². The van der Waals surface area contributed by atoms with Gasteiger partial charge in [0, 0.05) is 6.54 Å². The van der Waals surface area contributed by atoms with Crippen LogP contribution >= 0.6 is 0 Å². The van der Waals surface area contributed by atoms with Gasteiger partial charge in [-0.3, -0.25) is 0 Å². The lowest BCUT2D eigenvalue weighted by Gasteiger charge is -2.34. The SMILES string of the molecule is CCCN1C[C@H](C(=O)OCC)Oc2ccccc21. The van der Waals surface area contributed by atoms with E-state index >= 15 is 0 Å². The largest absolute Gasteiger partial charge is 0.475 e. The van der Waals surface area contributed by atoms with Crippen LogP contribution in [-0.2, 0) is 9.53 Å². The molecule has 4 heteroatoms. The number of hydrogen-bond acceptors (Lipinski definition) is 4. The average molecular weight is 249 g/mol. The lowest BCUT2D eigenvalue weighted by Crippen LogP contribution is -2.45. The van der Waals surface area contributed by atoms with E-state index in [0.717, 1.165) is 24.4 Å². The summed E-state index contributed by atoms with van der Waals surface area (Å²) in [7, 11) is 0. The summed E-state index contributed by atoms with van der Waals surface area (Å²) in [5.74, 6) is 0.475. The fourth-order valence-corrected chi connectivity index (χ4v) is 2.15. The van der Waals surface area contributed by atoms with E-state index in [1.54, 1.807) is 6.92 Å². The Kier molecular flexibility index (Phi) is 4.07. The number of carbonyl (C=O) groups is 1. The Morgan fingerprint density at radius 2 is 2.22 bits per heavy atom. The Labute approximate surface area is 107 Å². The van der Waals surface area contributed by atoms with Crippen molar-refractivity contribution in [3.8, 4) is 5.75 Å². The number of carbonyl (C=O) groups excluding carboxylic acids is 1. The summed E-state index contributed by atoms with van der Waals surface area (Å²) in [6.45, 7) is 5.78. The van der Waals surface area contributed by atoms with Gasteiger partial charge >= 0.3 is 5.97 Å². The maximum Gasteiger partial charge on any atom is 0.349 e. The number of anilines is 1. The Bertz CT molecular complexity index is 419. The van der Waals surface area contributed by atoms with E-state index in [2.05, 4.69) is 11.8 Å². The fraction of sp³-hybridized carbons (Fsp3) is 0.500. The molecule has 1 aromatic carbocycles. The third-order valence-electron chi connectivity index (χ3n) is 2.90. The monoisotopic (exact) mass is 249 g/mol. The highest BCUT2D eigenvalue weighted by Crippen LogP contribution is 2.33. The topological polar surface area (TPSA) is 38.8 Å². The molecule has 2 rings (SSSR count). The highest BCUT2D eigenvalue weighted by Gasteiger charge is 2.31. The average Bonchev–Trinajstić information content (AvgIpc) is 2.39. The van der Waals surface area contributed by atoms with Gasteiger partial charge < -0.3 is 14.4 Å². The van der Waals surface area contributed by atoms with Crippen molar-refractivity contribution in [2.75, 3.05) is 24.6 Å². The number of benzene rings is 1. The fourth-order valence-electron chi connectivity index (χ4n) is 2.15. The van der Waals surface area contributed by atoms with Crippen molar-refractivity contribution in [1.29, 1.82) is 0 Å². The molecule has 0 N–H and O–H groups in total. The Morgan fingerprint density at radius 1 is 1.44 bits per heavy atom. The van der Waals surface area contributed by atoms with Crippen molar-refractivity contribution in [2.45, 2.75) is 26.4 Å². The maximum absolute atomic E-state index is 11.8. The predicted molar refractivity (Wildman–Crippen MR) is 70.0 cm³/mol. The van der Waals surface area contributed by atoms with E-state index in [1.165, 1.54) is 0 Å². The minimum absolute atomic E-state index is 0.284. The van der Waals surface area contributed by atoms with Crippen molar-refractivity contribution in [2.24, 2.45) is 0 Å². The molecule has 1 aromatic rings. The van der Waals surface area contributed by atoms with E-state index < -0.39 is 6.10 Å². The second-order valence-corrected chi connectivity index (χ2v) is 4.27. The minimum Gasteiger partial charge on any atom is -0.475 e. The Balaban J connectivity index is 2.20. The van der Waals surface area contributed by atoms with Crippen LogP contribution in [0.4, 0.5) is 5.69 Å². The van der Waals surface area contributed by atoms with Crippen LogP contribution in [-0.4, -0.2) is 31.8 Å². The van der Waals surface area contributed by atoms with Crippen LogP contribution in [0.15, 0.2) is 24.3 Å². The van der Waals surface area contributed by atoms with Gasteiger partial charge in [-0.15, -0.1) is 0 Å². The summed E-state index contributed by atoms with van der Waals surface area (Å²) in [6, 6.07) is 7.81. The van der Waals surface area contributed by atoms with Crippen molar-refractivity contribution in [3.05, 3.63) is 24.3 Å². The molecule has 0 saturated heterocycles. The lowest BCUT2D eigenvalue weighted by molar-refractivity contribution is -0.151. The molecule has 0 saturated carbocycles. The van der Waals surface area contributed by atoms with Gasteiger partial charge in [0.1, 0.15) is 5.75 Å². The zero-order chi connectivity index (χ0) is 13.0. The van der Waals surface area contributed by atoms with Crippen LogP contribution in [0, 0.1) is 0 Å². The summed E-state index contributed by atoms with van der Waals surface area (Å²) < 4.78 is 10.7. The van der Waals surface area contributed by atoms with Crippen LogP contribution in [0.5, 0.6) is 5.75 Å². The molecule has 1 aliphatic rings. The molecule has 0 aliphatic carbocycles. The van der Waals surface area contributed by atoms with Crippen LogP contribution in [0.25, 0.3) is 0 Å². The number of rotatable bonds is 4. The highest BCUT2D eigenvalue weighted by atomic mass is 16.6. The summed E-state index contributed by atoms with van der Waals surface area (Å²) in [5, 5.41) is 0. The zero-order valence-electron chi connectivity index (χ0n) is 10.9. The molecule has 1 atom stereocenters. The van der Waals surface area contributed by atoms with Crippen LogP contribution in [0.1, 0.15) is 20.3 Å². The molecule has 18 heavy (non-hydrogen) atoms. The quantitative estimate of drug-likeness (QED) is 0.767. The van der Waals surface area contributed by atoms with Gasteiger partial charge in [0.2, 0.25) is 6.10 Å². The van der Waals surface area contributed by atoms with Gasteiger partial charge in [-0.25, -0.2) is 4.79 Å². The third-order valence-corrected chi connectivity index (χ3v) is 2.90. The number of nitrogens with zero attached hydrogens (tertiary/aromatic N) is 1. The first-order valence-electron chi connectivity index (χ1n) is 6.43. The van der Waals surface area contributed by atoms with E-state index in [0.29, 0.717) is 13.2 Å². The van der Waals surface area contributed by atoms with Gasteiger partial charge in [0.05, 0.1) is 18.8 Å². The molecule has 0 aromatic heterocycles. The smallest absolute Gasteiger partial charge is 0.349 e. The zero-order valence-corrected chi connectivity index (χ0v) is 10.9.